The first-order valence-corrected chi connectivity index (χ1v) is 5.55. The van der Waals surface area contributed by atoms with Crippen molar-refractivity contribution < 1.29 is 0 Å². The van der Waals surface area contributed by atoms with Gasteiger partial charge in [0.15, 0.2) is 0 Å². The SMILES string of the molecule is N[C@H]1CCN(c2ccc3ncccc3n2)C1. The number of nitrogens with two attached hydrogens (primary N) is 1. The van der Waals surface area contributed by atoms with Crippen LogP contribution in [-0.2, 0) is 0 Å². The molecule has 0 radical (unpaired) electrons. The lowest BCUT2D eigenvalue weighted by atomic mass is 10.3. The predicted octanol–water partition coefficient (Wildman–Crippen LogP) is 1.17. The zero-order chi connectivity index (χ0) is 11.0. The molecule has 0 bridgehead atoms. The number of aromatic nitrogens is 2. The van der Waals surface area contributed by atoms with Crippen molar-refractivity contribution in [1.82, 2.24) is 9.97 Å². The van der Waals surface area contributed by atoms with Crippen LogP contribution in [0, 0.1) is 0 Å². The third-order valence-corrected chi connectivity index (χ3v) is 2.99. The zero-order valence-corrected chi connectivity index (χ0v) is 9.00. The fourth-order valence-electron chi connectivity index (χ4n) is 2.12. The van der Waals surface area contributed by atoms with E-state index in [-0.39, 0.29) is 6.04 Å². The molecule has 2 aromatic heterocycles. The van der Waals surface area contributed by atoms with Crippen LogP contribution in [-0.4, -0.2) is 29.1 Å². The second-order valence-corrected chi connectivity index (χ2v) is 4.21. The molecular weight excluding hydrogens is 200 g/mol. The van der Waals surface area contributed by atoms with Gasteiger partial charge < -0.3 is 10.6 Å². The van der Waals surface area contributed by atoms with E-state index < -0.39 is 0 Å². The molecule has 16 heavy (non-hydrogen) atoms. The minimum atomic E-state index is 0.284. The van der Waals surface area contributed by atoms with Gasteiger partial charge in [-0.2, -0.15) is 0 Å². The van der Waals surface area contributed by atoms with E-state index >= 15 is 0 Å². The molecule has 4 nitrogen and oxygen atoms in total. The molecule has 0 unspecified atom stereocenters. The van der Waals surface area contributed by atoms with Crippen LogP contribution in [0.15, 0.2) is 30.5 Å². The summed E-state index contributed by atoms with van der Waals surface area (Å²) in [6.07, 6.45) is 2.84. The third-order valence-electron chi connectivity index (χ3n) is 2.99. The van der Waals surface area contributed by atoms with Gasteiger partial charge in [0.05, 0.1) is 11.0 Å². The van der Waals surface area contributed by atoms with Gasteiger partial charge in [-0.05, 0) is 30.7 Å². The van der Waals surface area contributed by atoms with E-state index in [2.05, 4.69) is 14.9 Å². The number of rotatable bonds is 1. The summed E-state index contributed by atoms with van der Waals surface area (Å²) in [5.41, 5.74) is 7.78. The van der Waals surface area contributed by atoms with Crippen molar-refractivity contribution in [2.45, 2.75) is 12.5 Å². The zero-order valence-electron chi connectivity index (χ0n) is 9.00. The number of anilines is 1. The van der Waals surface area contributed by atoms with Gasteiger partial charge in [-0.25, -0.2) is 4.98 Å². The Morgan fingerprint density at radius 1 is 1.25 bits per heavy atom. The summed E-state index contributed by atoms with van der Waals surface area (Å²) >= 11 is 0. The van der Waals surface area contributed by atoms with Crippen LogP contribution in [0.1, 0.15) is 6.42 Å². The standard InChI is InChI=1S/C12H14N4/c13-9-5-7-16(8-9)12-4-3-10-11(15-12)2-1-6-14-10/h1-4,6,9H,5,7-8,13H2/t9-/m0/s1. The summed E-state index contributed by atoms with van der Waals surface area (Å²) in [5.74, 6) is 1.01. The van der Waals surface area contributed by atoms with Crippen LogP contribution >= 0.6 is 0 Å². The Labute approximate surface area is 94.1 Å². The first-order valence-electron chi connectivity index (χ1n) is 5.55. The highest BCUT2D eigenvalue weighted by molar-refractivity contribution is 5.75. The van der Waals surface area contributed by atoms with Crippen molar-refractivity contribution in [3.63, 3.8) is 0 Å². The molecule has 0 spiro atoms. The van der Waals surface area contributed by atoms with Crippen LogP contribution in [0.2, 0.25) is 0 Å². The van der Waals surface area contributed by atoms with E-state index in [1.54, 1.807) is 6.20 Å². The second kappa shape index (κ2) is 3.72. The maximum absolute atomic E-state index is 5.89. The summed E-state index contributed by atoms with van der Waals surface area (Å²) in [6, 6.07) is 8.22. The monoisotopic (exact) mass is 214 g/mol. The van der Waals surface area contributed by atoms with Crippen LogP contribution in [0.5, 0.6) is 0 Å². The van der Waals surface area contributed by atoms with Crippen molar-refractivity contribution in [3.05, 3.63) is 30.5 Å². The van der Waals surface area contributed by atoms with Gasteiger partial charge in [-0.1, -0.05) is 0 Å². The van der Waals surface area contributed by atoms with Gasteiger partial charge in [0, 0.05) is 25.3 Å². The molecular formula is C12H14N4. The van der Waals surface area contributed by atoms with Crippen molar-refractivity contribution >= 4 is 16.9 Å². The molecule has 1 aliphatic rings. The highest BCUT2D eigenvalue weighted by Gasteiger charge is 2.20. The van der Waals surface area contributed by atoms with Crippen molar-refractivity contribution in [3.8, 4) is 0 Å². The Balaban J connectivity index is 1.99. The summed E-state index contributed by atoms with van der Waals surface area (Å²) in [7, 11) is 0. The molecule has 1 fully saturated rings. The van der Waals surface area contributed by atoms with Crippen molar-refractivity contribution in [1.29, 1.82) is 0 Å². The van der Waals surface area contributed by atoms with Gasteiger partial charge in [-0.3, -0.25) is 4.98 Å². The molecule has 1 atom stereocenters. The van der Waals surface area contributed by atoms with Crippen molar-refractivity contribution in [2.24, 2.45) is 5.73 Å². The Kier molecular flexibility index (Phi) is 2.22. The Bertz CT molecular complexity index is 511. The molecule has 2 N–H and O–H groups in total. The van der Waals surface area contributed by atoms with Gasteiger partial charge in [-0.15, -0.1) is 0 Å². The van der Waals surface area contributed by atoms with E-state index in [4.69, 9.17) is 5.73 Å². The lowest BCUT2D eigenvalue weighted by molar-refractivity contribution is 0.751. The topological polar surface area (TPSA) is 55.0 Å². The van der Waals surface area contributed by atoms with Crippen LogP contribution in [0.3, 0.4) is 0 Å². The highest BCUT2D eigenvalue weighted by Crippen LogP contribution is 2.19. The minimum absolute atomic E-state index is 0.284. The molecule has 3 rings (SSSR count). The smallest absolute Gasteiger partial charge is 0.129 e. The first-order chi connectivity index (χ1) is 7.83. The average Bonchev–Trinajstić information content (AvgIpc) is 2.75. The largest absolute Gasteiger partial charge is 0.355 e. The normalized spacial score (nSPS) is 20.6. The second-order valence-electron chi connectivity index (χ2n) is 4.21. The van der Waals surface area contributed by atoms with Gasteiger partial charge >= 0.3 is 0 Å². The fraction of sp³-hybridized carbons (Fsp3) is 0.333. The Morgan fingerprint density at radius 3 is 3.00 bits per heavy atom. The van der Waals surface area contributed by atoms with Gasteiger partial charge in [0.25, 0.3) is 0 Å². The maximum atomic E-state index is 5.89. The fourth-order valence-corrected chi connectivity index (χ4v) is 2.12. The summed E-state index contributed by atoms with van der Waals surface area (Å²) < 4.78 is 0. The number of nitrogens with zero attached hydrogens (tertiary/aromatic N) is 3. The first kappa shape index (κ1) is 9.54. The molecule has 3 heterocycles. The molecule has 4 heteroatoms. The molecule has 1 saturated heterocycles. The Hall–Kier alpha value is -1.68. The molecule has 82 valence electrons. The Morgan fingerprint density at radius 2 is 2.19 bits per heavy atom. The van der Waals surface area contributed by atoms with E-state index in [1.165, 1.54) is 0 Å². The van der Waals surface area contributed by atoms with Crippen LogP contribution < -0.4 is 10.6 Å². The number of hydrogen-bond donors (Lipinski definition) is 1. The summed E-state index contributed by atoms with van der Waals surface area (Å²) in [5, 5.41) is 0. The lowest BCUT2D eigenvalue weighted by Gasteiger charge is -2.16. The van der Waals surface area contributed by atoms with Crippen molar-refractivity contribution in [2.75, 3.05) is 18.0 Å². The number of fused-ring (bicyclic) bond motifs is 1. The number of hydrogen-bond acceptors (Lipinski definition) is 4. The van der Waals surface area contributed by atoms with E-state index in [0.29, 0.717) is 0 Å². The maximum Gasteiger partial charge on any atom is 0.129 e. The van der Waals surface area contributed by atoms with Crippen LogP contribution in [0.4, 0.5) is 5.82 Å². The predicted molar refractivity (Wildman–Crippen MR) is 64.3 cm³/mol. The molecule has 2 aromatic rings. The molecule has 0 aromatic carbocycles. The van der Waals surface area contributed by atoms with Gasteiger partial charge in [0.1, 0.15) is 5.82 Å². The molecule has 0 amide bonds. The minimum Gasteiger partial charge on any atom is -0.355 e. The lowest BCUT2D eigenvalue weighted by Crippen LogP contribution is -2.26. The number of pyridine rings is 2. The van der Waals surface area contributed by atoms with Gasteiger partial charge in [0.2, 0.25) is 0 Å². The van der Waals surface area contributed by atoms with Crippen LogP contribution in [0.25, 0.3) is 11.0 Å². The van der Waals surface area contributed by atoms with E-state index in [9.17, 15) is 0 Å². The average molecular weight is 214 g/mol. The summed E-state index contributed by atoms with van der Waals surface area (Å²) in [6.45, 7) is 1.90. The molecule has 0 saturated carbocycles. The molecule has 0 aliphatic carbocycles. The third kappa shape index (κ3) is 1.61. The van der Waals surface area contributed by atoms with E-state index in [0.717, 1.165) is 36.4 Å². The van der Waals surface area contributed by atoms with E-state index in [1.807, 2.05) is 24.3 Å². The highest BCUT2D eigenvalue weighted by atomic mass is 15.2. The quantitative estimate of drug-likeness (QED) is 0.774. The summed E-state index contributed by atoms with van der Waals surface area (Å²) in [4.78, 5) is 11.1. The molecule has 1 aliphatic heterocycles.